The van der Waals surface area contributed by atoms with Gasteiger partial charge in [0.25, 0.3) is 0 Å². The molecule has 0 radical (unpaired) electrons. The maximum atomic E-state index is 12.0. The fourth-order valence-corrected chi connectivity index (χ4v) is 2.50. The van der Waals surface area contributed by atoms with Gasteiger partial charge in [0.15, 0.2) is 0 Å². The Morgan fingerprint density at radius 2 is 2.00 bits per heavy atom. The highest BCUT2D eigenvalue weighted by atomic mass is 16.5. The summed E-state index contributed by atoms with van der Waals surface area (Å²) in [4.78, 5) is 14.3. The summed E-state index contributed by atoms with van der Waals surface area (Å²) in [6, 6.07) is 0. The van der Waals surface area contributed by atoms with Crippen LogP contribution < -0.4 is 5.32 Å². The second kappa shape index (κ2) is 11.0. The van der Waals surface area contributed by atoms with Crippen LogP contribution in [0.4, 0.5) is 0 Å². The topological polar surface area (TPSA) is 41.6 Å². The number of nitrogens with zero attached hydrogens (tertiary/aromatic N) is 1. The molecule has 2 atom stereocenters. The third-order valence-corrected chi connectivity index (χ3v) is 4.19. The molecule has 0 aromatic rings. The molecule has 0 aliphatic rings. The molecule has 0 spiro atoms. The minimum absolute atomic E-state index is 0.149. The number of ether oxygens (including phenoxy) is 1. The fraction of sp³-hybridized carbons (Fsp3) is 0.941. The van der Waals surface area contributed by atoms with Crippen LogP contribution in [0.3, 0.4) is 0 Å². The fourth-order valence-electron chi connectivity index (χ4n) is 2.50. The van der Waals surface area contributed by atoms with Crippen molar-refractivity contribution in [2.75, 3.05) is 33.8 Å². The zero-order valence-electron chi connectivity index (χ0n) is 15.0. The Kier molecular flexibility index (Phi) is 10.7. The van der Waals surface area contributed by atoms with Gasteiger partial charge in [-0.3, -0.25) is 4.79 Å². The summed E-state index contributed by atoms with van der Waals surface area (Å²) in [5.74, 6) is 0.602. The van der Waals surface area contributed by atoms with E-state index in [1.165, 1.54) is 13.5 Å². The quantitative estimate of drug-likeness (QED) is 0.444. The zero-order chi connectivity index (χ0) is 16.3. The van der Waals surface area contributed by atoms with Gasteiger partial charge in [-0.2, -0.15) is 0 Å². The standard InChI is InChI=1S/C17H36N2O2/c1-7-12-18-17(4,16(20)21-6)11-9-10-13-19(5)14-15(3)8-2/h15,18H,7-14H2,1-6H3. The minimum atomic E-state index is -0.542. The van der Waals surface area contributed by atoms with Crippen molar-refractivity contribution in [1.82, 2.24) is 10.2 Å². The van der Waals surface area contributed by atoms with Gasteiger partial charge < -0.3 is 15.0 Å². The van der Waals surface area contributed by atoms with Crippen molar-refractivity contribution in [3.05, 3.63) is 0 Å². The summed E-state index contributed by atoms with van der Waals surface area (Å²) in [7, 11) is 3.65. The van der Waals surface area contributed by atoms with Gasteiger partial charge in [-0.15, -0.1) is 0 Å². The molecule has 0 aliphatic heterocycles. The molecule has 0 amide bonds. The van der Waals surface area contributed by atoms with Gasteiger partial charge in [0.1, 0.15) is 5.54 Å². The third-order valence-electron chi connectivity index (χ3n) is 4.19. The van der Waals surface area contributed by atoms with Crippen molar-refractivity contribution in [2.45, 2.75) is 65.3 Å². The molecule has 4 heteroatoms. The molecule has 0 fully saturated rings. The van der Waals surface area contributed by atoms with Crippen molar-refractivity contribution in [3.63, 3.8) is 0 Å². The van der Waals surface area contributed by atoms with Crippen LogP contribution >= 0.6 is 0 Å². The molecule has 21 heavy (non-hydrogen) atoms. The first kappa shape index (κ1) is 20.4. The van der Waals surface area contributed by atoms with E-state index in [4.69, 9.17) is 4.74 Å². The third kappa shape index (κ3) is 8.42. The molecule has 0 saturated carbocycles. The molecule has 0 heterocycles. The number of esters is 1. The van der Waals surface area contributed by atoms with Crippen molar-refractivity contribution in [2.24, 2.45) is 5.92 Å². The van der Waals surface area contributed by atoms with Crippen LogP contribution in [0.15, 0.2) is 0 Å². The number of hydrogen-bond acceptors (Lipinski definition) is 4. The van der Waals surface area contributed by atoms with E-state index >= 15 is 0 Å². The highest BCUT2D eigenvalue weighted by Gasteiger charge is 2.32. The van der Waals surface area contributed by atoms with Gasteiger partial charge in [-0.25, -0.2) is 0 Å². The molecule has 0 aromatic carbocycles. The van der Waals surface area contributed by atoms with Crippen molar-refractivity contribution >= 4 is 5.97 Å². The Balaban J connectivity index is 4.11. The molecule has 1 N–H and O–H groups in total. The Morgan fingerprint density at radius 1 is 1.33 bits per heavy atom. The van der Waals surface area contributed by atoms with Crippen LogP contribution in [0.1, 0.15) is 59.8 Å². The van der Waals surface area contributed by atoms with E-state index in [9.17, 15) is 4.79 Å². The van der Waals surface area contributed by atoms with Crippen LogP contribution in [0.5, 0.6) is 0 Å². The first-order valence-corrected chi connectivity index (χ1v) is 8.41. The van der Waals surface area contributed by atoms with E-state index in [1.807, 2.05) is 6.92 Å². The average Bonchev–Trinajstić information content (AvgIpc) is 2.48. The predicted molar refractivity (Wildman–Crippen MR) is 89.5 cm³/mol. The summed E-state index contributed by atoms with van der Waals surface area (Å²) in [6.07, 6.45) is 5.23. The van der Waals surface area contributed by atoms with E-state index in [1.54, 1.807) is 0 Å². The highest BCUT2D eigenvalue weighted by molar-refractivity contribution is 5.80. The number of hydrogen-bond donors (Lipinski definition) is 1. The first-order valence-electron chi connectivity index (χ1n) is 8.41. The van der Waals surface area contributed by atoms with E-state index in [-0.39, 0.29) is 5.97 Å². The largest absolute Gasteiger partial charge is 0.468 e. The Bertz CT molecular complexity index is 284. The van der Waals surface area contributed by atoms with Gasteiger partial charge in [0.05, 0.1) is 7.11 Å². The lowest BCUT2D eigenvalue weighted by Crippen LogP contribution is -2.50. The summed E-state index contributed by atoms with van der Waals surface area (Å²) in [5.41, 5.74) is -0.542. The van der Waals surface area contributed by atoms with Crippen molar-refractivity contribution in [3.8, 4) is 0 Å². The maximum Gasteiger partial charge on any atom is 0.325 e. The summed E-state index contributed by atoms with van der Waals surface area (Å²) in [6.45, 7) is 11.7. The number of nitrogens with one attached hydrogen (secondary N) is 1. The second-order valence-electron chi connectivity index (χ2n) is 6.48. The van der Waals surface area contributed by atoms with Gasteiger partial charge in [-0.05, 0) is 58.7 Å². The molecule has 0 aromatic heterocycles. The summed E-state index contributed by atoms with van der Waals surface area (Å²) in [5, 5.41) is 3.34. The number of methoxy groups -OCH3 is 1. The number of carbonyl (C=O) groups excluding carboxylic acids is 1. The van der Waals surface area contributed by atoms with E-state index in [2.05, 4.69) is 38.0 Å². The smallest absolute Gasteiger partial charge is 0.325 e. The van der Waals surface area contributed by atoms with E-state index in [0.29, 0.717) is 0 Å². The lowest BCUT2D eigenvalue weighted by atomic mass is 9.94. The maximum absolute atomic E-state index is 12.0. The number of rotatable bonds is 12. The highest BCUT2D eigenvalue weighted by Crippen LogP contribution is 2.16. The monoisotopic (exact) mass is 300 g/mol. The molecular weight excluding hydrogens is 264 g/mol. The second-order valence-corrected chi connectivity index (χ2v) is 6.48. The van der Waals surface area contributed by atoms with Crippen molar-refractivity contribution in [1.29, 1.82) is 0 Å². The Labute approximate surface area is 131 Å². The minimum Gasteiger partial charge on any atom is -0.468 e. The number of unbranched alkanes of at least 4 members (excludes halogenated alkanes) is 1. The van der Waals surface area contributed by atoms with Crippen LogP contribution in [-0.2, 0) is 9.53 Å². The van der Waals surface area contributed by atoms with Gasteiger partial charge in [-0.1, -0.05) is 27.2 Å². The van der Waals surface area contributed by atoms with Gasteiger partial charge in [0, 0.05) is 6.54 Å². The van der Waals surface area contributed by atoms with Gasteiger partial charge >= 0.3 is 5.97 Å². The molecule has 0 saturated heterocycles. The average molecular weight is 300 g/mol. The Hall–Kier alpha value is -0.610. The zero-order valence-corrected chi connectivity index (χ0v) is 15.0. The van der Waals surface area contributed by atoms with Crippen LogP contribution in [0.2, 0.25) is 0 Å². The Morgan fingerprint density at radius 3 is 2.52 bits per heavy atom. The van der Waals surface area contributed by atoms with Gasteiger partial charge in [0.2, 0.25) is 0 Å². The van der Waals surface area contributed by atoms with E-state index in [0.717, 1.165) is 51.2 Å². The SMILES string of the molecule is CCCNC(C)(CCCCN(C)CC(C)CC)C(=O)OC. The molecule has 4 nitrogen and oxygen atoms in total. The van der Waals surface area contributed by atoms with Crippen LogP contribution in [0.25, 0.3) is 0 Å². The van der Waals surface area contributed by atoms with E-state index < -0.39 is 5.54 Å². The summed E-state index contributed by atoms with van der Waals surface area (Å²) >= 11 is 0. The molecule has 0 rings (SSSR count). The number of carbonyl (C=O) groups is 1. The lowest BCUT2D eigenvalue weighted by molar-refractivity contribution is -0.148. The molecule has 126 valence electrons. The molecule has 2 unspecified atom stereocenters. The first-order chi connectivity index (χ1) is 9.89. The summed E-state index contributed by atoms with van der Waals surface area (Å²) < 4.78 is 4.95. The molecular formula is C17H36N2O2. The van der Waals surface area contributed by atoms with Crippen LogP contribution in [0, 0.1) is 5.92 Å². The predicted octanol–water partition coefficient (Wildman–Crippen LogP) is 3.07. The molecule has 0 bridgehead atoms. The van der Waals surface area contributed by atoms with Crippen LogP contribution in [-0.4, -0.2) is 50.2 Å². The lowest BCUT2D eigenvalue weighted by Gasteiger charge is -2.28. The van der Waals surface area contributed by atoms with Crippen molar-refractivity contribution < 1.29 is 9.53 Å². The normalized spacial score (nSPS) is 15.8. The molecule has 0 aliphatic carbocycles.